The van der Waals surface area contributed by atoms with Crippen LogP contribution < -0.4 is 5.73 Å². The maximum atomic E-state index is 11.8. The molecule has 5 nitrogen and oxygen atoms in total. The lowest BCUT2D eigenvalue weighted by Gasteiger charge is -2.12. The lowest BCUT2D eigenvalue weighted by atomic mass is 10.1. The van der Waals surface area contributed by atoms with Crippen molar-refractivity contribution >= 4 is 33.8 Å². The number of carbonyl (C=O) groups excluding carboxylic acids is 2. The van der Waals surface area contributed by atoms with E-state index in [1.165, 1.54) is 6.08 Å². The van der Waals surface area contributed by atoms with Gasteiger partial charge in [-0.2, -0.15) is 0 Å². The Morgan fingerprint density at radius 3 is 2.83 bits per heavy atom. The third-order valence-corrected chi connectivity index (χ3v) is 3.31. The van der Waals surface area contributed by atoms with Gasteiger partial charge >= 0.3 is 0 Å². The van der Waals surface area contributed by atoms with Crippen LogP contribution in [0.25, 0.3) is 6.08 Å². The summed E-state index contributed by atoms with van der Waals surface area (Å²) in [5.74, 6) is -0.100. The predicted octanol–water partition coefficient (Wildman–Crippen LogP) is 1.39. The van der Waals surface area contributed by atoms with E-state index < -0.39 is 0 Å². The minimum atomic E-state index is -0.343. The van der Waals surface area contributed by atoms with Gasteiger partial charge in [0, 0.05) is 19.2 Å². The first-order chi connectivity index (χ1) is 8.56. The molecule has 0 unspecified atom stereocenters. The molecule has 0 aromatic carbocycles. The van der Waals surface area contributed by atoms with Crippen LogP contribution in [0, 0.1) is 5.92 Å². The van der Waals surface area contributed by atoms with Crippen LogP contribution in [0.4, 0.5) is 0 Å². The van der Waals surface area contributed by atoms with Crippen LogP contribution in [0.3, 0.4) is 0 Å². The van der Waals surface area contributed by atoms with Crippen LogP contribution in [0.5, 0.6) is 0 Å². The van der Waals surface area contributed by atoms with Crippen LogP contribution in [0.2, 0.25) is 0 Å². The fourth-order valence-electron chi connectivity index (χ4n) is 1.87. The molecule has 0 saturated carbocycles. The molecule has 6 heteroatoms. The van der Waals surface area contributed by atoms with Gasteiger partial charge in [0.1, 0.15) is 5.76 Å². The van der Waals surface area contributed by atoms with Gasteiger partial charge in [-0.05, 0) is 40.6 Å². The molecule has 0 aliphatic carbocycles. The van der Waals surface area contributed by atoms with E-state index >= 15 is 0 Å². The van der Waals surface area contributed by atoms with E-state index in [1.54, 1.807) is 23.1 Å². The number of nitrogens with zero attached hydrogens (tertiary/aromatic N) is 1. The summed E-state index contributed by atoms with van der Waals surface area (Å²) in [5, 5.41) is 0. The number of furan rings is 1. The second-order valence-corrected chi connectivity index (χ2v) is 4.93. The molecule has 1 saturated heterocycles. The Morgan fingerprint density at radius 1 is 1.50 bits per heavy atom. The number of carbonyl (C=O) groups is 2. The van der Waals surface area contributed by atoms with Crippen molar-refractivity contribution in [1.29, 1.82) is 0 Å². The number of hydrogen-bond donors (Lipinski definition) is 1. The summed E-state index contributed by atoms with van der Waals surface area (Å²) in [6.07, 6.45) is 3.68. The Labute approximate surface area is 113 Å². The number of likely N-dealkylation sites (tertiary alicyclic amines) is 1. The van der Waals surface area contributed by atoms with Gasteiger partial charge in [0.2, 0.25) is 11.8 Å². The fraction of sp³-hybridized carbons (Fsp3) is 0.333. The van der Waals surface area contributed by atoms with E-state index in [9.17, 15) is 9.59 Å². The van der Waals surface area contributed by atoms with Crippen molar-refractivity contribution in [1.82, 2.24) is 4.90 Å². The van der Waals surface area contributed by atoms with Gasteiger partial charge in [-0.25, -0.2) is 0 Å². The smallest absolute Gasteiger partial charge is 0.246 e. The number of rotatable bonds is 3. The maximum Gasteiger partial charge on any atom is 0.246 e. The molecule has 1 atom stereocenters. The summed E-state index contributed by atoms with van der Waals surface area (Å²) >= 11 is 3.18. The highest BCUT2D eigenvalue weighted by molar-refractivity contribution is 9.10. The van der Waals surface area contributed by atoms with Gasteiger partial charge in [0.15, 0.2) is 4.67 Å². The highest BCUT2D eigenvalue weighted by atomic mass is 79.9. The van der Waals surface area contributed by atoms with E-state index in [1.807, 2.05) is 0 Å². The zero-order valence-corrected chi connectivity index (χ0v) is 11.2. The molecule has 1 aromatic heterocycles. The van der Waals surface area contributed by atoms with Gasteiger partial charge in [-0.15, -0.1) is 0 Å². The minimum Gasteiger partial charge on any atom is -0.450 e. The largest absolute Gasteiger partial charge is 0.450 e. The monoisotopic (exact) mass is 312 g/mol. The molecular weight excluding hydrogens is 300 g/mol. The Balaban J connectivity index is 1.93. The Morgan fingerprint density at radius 2 is 2.28 bits per heavy atom. The first kappa shape index (κ1) is 12.9. The van der Waals surface area contributed by atoms with Crippen LogP contribution in [-0.4, -0.2) is 29.8 Å². The van der Waals surface area contributed by atoms with Crippen molar-refractivity contribution < 1.29 is 14.0 Å². The number of primary amides is 1. The fourth-order valence-corrected chi connectivity index (χ4v) is 2.19. The number of nitrogens with two attached hydrogens (primary N) is 1. The maximum absolute atomic E-state index is 11.8. The summed E-state index contributed by atoms with van der Waals surface area (Å²) in [6.45, 7) is 0.971. The lowest BCUT2D eigenvalue weighted by molar-refractivity contribution is -0.125. The van der Waals surface area contributed by atoms with Gasteiger partial charge in [0.25, 0.3) is 0 Å². The minimum absolute atomic E-state index is 0.133. The molecule has 0 radical (unpaired) electrons. The predicted molar refractivity (Wildman–Crippen MR) is 69.3 cm³/mol. The van der Waals surface area contributed by atoms with Crippen LogP contribution in [0.1, 0.15) is 12.2 Å². The number of hydrogen-bond acceptors (Lipinski definition) is 3. The molecule has 2 N–H and O–H groups in total. The Hall–Kier alpha value is -1.56. The number of amides is 2. The summed E-state index contributed by atoms with van der Waals surface area (Å²) < 4.78 is 5.86. The molecule has 1 aliphatic rings. The van der Waals surface area contributed by atoms with Crippen molar-refractivity contribution in [2.24, 2.45) is 11.7 Å². The molecular formula is C12H13BrN2O3. The van der Waals surface area contributed by atoms with Crippen LogP contribution in [0.15, 0.2) is 27.3 Å². The first-order valence-corrected chi connectivity index (χ1v) is 6.37. The zero-order chi connectivity index (χ0) is 13.1. The van der Waals surface area contributed by atoms with Gasteiger partial charge < -0.3 is 15.1 Å². The molecule has 1 fully saturated rings. The summed E-state index contributed by atoms with van der Waals surface area (Å²) in [4.78, 5) is 24.4. The van der Waals surface area contributed by atoms with E-state index in [-0.39, 0.29) is 17.7 Å². The third kappa shape index (κ3) is 3.01. The zero-order valence-electron chi connectivity index (χ0n) is 9.64. The van der Waals surface area contributed by atoms with E-state index in [0.29, 0.717) is 29.9 Å². The van der Waals surface area contributed by atoms with Gasteiger partial charge in [-0.1, -0.05) is 0 Å². The lowest BCUT2D eigenvalue weighted by Crippen LogP contribution is -2.30. The topological polar surface area (TPSA) is 76.5 Å². The van der Waals surface area contributed by atoms with Gasteiger partial charge in [0.05, 0.1) is 5.92 Å². The molecule has 2 rings (SSSR count). The third-order valence-electron chi connectivity index (χ3n) is 2.89. The summed E-state index contributed by atoms with van der Waals surface area (Å²) in [5.41, 5.74) is 5.21. The van der Waals surface area contributed by atoms with E-state index in [0.717, 1.165) is 0 Å². The second kappa shape index (κ2) is 5.39. The van der Waals surface area contributed by atoms with Crippen molar-refractivity contribution in [2.45, 2.75) is 6.42 Å². The Kier molecular flexibility index (Phi) is 3.86. The van der Waals surface area contributed by atoms with Crippen molar-refractivity contribution in [2.75, 3.05) is 13.1 Å². The molecule has 96 valence electrons. The van der Waals surface area contributed by atoms with Crippen molar-refractivity contribution in [3.8, 4) is 0 Å². The second-order valence-electron chi connectivity index (χ2n) is 4.15. The molecule has 1 aromatic rings. The van der Waals surface area contributed by atoms with E-state index in [2.05, 4.69) is 15.9 Å². The number of halogens is 1. The summed E-state index contributed by atoms with van der Waals surface area (Å²) in [7, 11) is 0. The quantitative estimate of drug-likeness (QED) is 0.857. The SMILES string of the molecule is NC(=O)[C@@H]1CCN(C(=O)/C=C/c2ccc(Br)o2)C1. The Bertz CT molecular complexity index is 495. The molecule has 2 heterocycles. The van der Waals surface area contributed by atoms with Crippen molar-refractivity contribution in [3.05, 3.63) is 28.6 Å². The van der Waals surface area contributed by atoms with Crippen LogP contribution in [-0.2, 0) is 9.59 Å². The highest BCUT2D eigenvalue weighted by Gasteiger charge is 2.28. The van der Waals surface area contributed by atoms with E-state index in [4.69, 9.17) is 10.2 Å². The normalized spacial score (nSPS) is 19.6. The van der Waals surface area contributed by atoms with Crippen LogP contribution >= 0.6 is 15.9 Å². The molecule has 18 heavy (non-hydrogen) atoms. The standard InChI is InChI=1S/C12H13BrN2O3/c13-10-3-1-9(18-10)2-4-11(16)15-6-5-8(7-15)12(14)17/h1-4,8H,5-7H2,(H2,14,17)/b4-2+/t8-/m1/s1. The molecule has 2 amide bonds. The molecule has 1 aliphatic heterocycles. The highest BCUT2D eigenvalue weighted by Crippen LogP contribution is 2.17. The van der Waals surface area contributed by atoms with Gasteiger partial charge in [-0.3, -0.25) is 9.59 Å². The molecule has 0 bridgehead atoms. The average Bonchev–Trinajstić information content (AvgIpc) is 2.94. The summed E-state index contributed by atoms with van der Waals surface area (Å²) in [6, 6.07) is 3.51. The molecule has 0 spiro atoms. The first-order valence-electron chi connectivity index (χ1n) is 5.58. The average molecular weight is 313 g/mol. The van der Waals surface area contributed by atoms with Crippen molar-refractivity contribution in [3.63, 3.8) is 0 Å².